The lowest BCUT2D eigenvalue weighted by Gasteiger charge is -2.30. The van der Waals surface area contributed by atoms with Gasteiger partial charge in [0.05, 0.1) is 0 Å². The van der Waals surface area contributed by atoms with Gasteiger partial charge in [-0.1, -0.05) is 6.07 Å². The Morgan fingerprint density at radius 1 is 1.42 bits per heavy atom. The number of hydrogen-bond acceptors (Lipinski definition) is 3. The number of amides is 1. The van der Waals surface area contributed by atoms with Crippen LogP contribution in [0.2, 0.25) is 0 Å². The van der Waals surface area contributed by atoms with Crippen LogP contribution >= 0.6 is 0 Å². The zero-order valence-corrected chi connectivity index (χ0v) is 12.0. The van der Waals surface area contributed by atoms with Crippen LogP contribution in [0.15, 0.2) is 18.2 Å². The van der Waals surface area contributed by atoms with Gasteiger partial charge in [0.15, 0.2) is 0 Å². The van der Waals surface area contributed by atoms with Crippen molar-refractivity contribution >= 4 is 5.91 Å². The summed E-state index contributed by atoms with van der Waals surface area (Å²) in [5.74, 6) is 0.0122. The van der Waals surface area contributed by atoms with E-state index in [0.717, 1.165) is 30.8 Å². The molecule has 2 N–H and O–H groups in total. The lowest BCUT2D eigenvalue weighted by Crippen LogP contribution is -2.53. The molecule has 4 heteroatoms. The van der Waals surface area contributed by atoms with E-state index in [9.17, 15) is 4.79 Å². The van der Waals surface area contributed by atoms with E-state index in [1.807, 2.05) is 25.1 Å². The molecule has 1 aromatic rings. The van der Waals surface area contributed by atoms with Crippen molar-refractivity contribution in [2.75, 3.05) is 33.2 Å². The second-order valence-electron chi connectivity index (χ2n) is 5.42. The highest BCUT2D eigenvalue weighted by molar-refractivity contribution is 5.94. The fourth-order valence-electron chi connectivity index (χ4n) is 2.33. The van der Waals surface area contributed by atoms with Gasteiger partial charge in [0.1, 0.15) is 0 Å². The Bertz CT molecular complexity index is 459. The van der Waals surface area contributed by atoms with E-state index in [1.165, 1.54) is 5.56 Å². The third-order valence-corrected chi connectivity index (χ3v) is 3.74. The third-order valence-electron chi connectivity index (χ3n) is 3.74. The SMILES string of the molecule is Cc1ccc(C(=O)NCC2CN(C)CCN2)cc1C. The molecular weight excluding hydrogens is 238 g/mol. The van der Waals surface area contributed by atoms with E-state index in [2.05, 4.69) is 29.5 Å². The first kappa shape index (κ1) is 14.0. The van der Waals surface area contributed by atoms with Crippen LogP contribution in [0.4, 0.5) is 0 Å². The van der Waals surface area contributed by atoms with Gasteiger partial charge in [0, 0.05) is 37.8 Å². The van der Waals surface area contributed by atoms with Gasteiger partial charge < -0.3 is 15.5 Å². The minimum absolute atomic E-state index is 0.0122. The molecule has 0 bridgehead atoms. The summed E-state index contributed by atoms with van der Waals surface area (Å²) in [6.45, 7) is 7.80. The molecule has 0 aliphatic carbocycles. The van der Waals surface area contributed by atoms with Crippen molar-refractivity contribution in [1.29, 1.82) is 0 Å². The molecule has 0 aromatic heterocycles. The van der Waals surface area contributed by atoms with Crippen LogP contribution in [0.1, 0.15) is 21.5 Å². The van der Waals surface area contributed by atoms with Crippen molar-refractivity contribution in [1.82, 2.24) is 15.5 Å². The molecule has 0 spiro atoms. The molecule has 1 aliphatic rings. The van der Waals surface area contributed by atoms with Gasteiger partial charge in [0.2, 0.25) is 0 Å². The molecular formula is C15H23N3O. The number of carbonyl (C=O) groups excluding carboxylic acids is 1. The molecule has 1 unspecified atom stereocenters. The van der Waals surface area contributed by atoms with Crippen LogP contribution in [0.5, 0.6) is 0 Å². The first-order chi connectivity index (χ1) is 9.06. The number of nitrogens with one attached hydrogen (secondary N) is 2. The fourth-order valence-corrected chi connectivity index (χ4v) is 2.33. The zero-order chi connectivity index (χ0) is 13.8. The summed E-state index contributed by atoms with van der Waals surface area (Å²) in [5, 5.41) is 6.43. The molecule has 1 amide bonds. The van der Waals surface area contributed by atoms with Crippen LogP contribution in [0, 0.1) is 13.8 Å². The molecule has 1 aliphatic heterocycles. The Labute approximate surface area is 115 Å². The first-order valence-electron chi connectivity index (χ1n) is 6.83. The quantitative estimate of drug-likeness (QED) is 0.851. The number of hydrogen-bond donors (Lipinski definition) is 2. The number of carbonyl (C=O) groups is 1. The van der Waals surface area contributed by atoms with Crippen molar-refractivity contribution in [2.45, 2.75) is 19.9 Å². The topological polar surface area (TPSA) is 44.4 Å². The summed E-state index contributed by atoms with van der Waals surface area (Å²) in [5.41, 5.74) is 3.11. The standard InChI is InChI=1S/C15H23N3O/c1-11-4-5-13(8-12(11)2)15(19)17-9-14-10-18(3)7-6-16-14/h4-5,8,14,16H,6-7,9-10H2,1-3H3,(H,17,19). The summed E-state index contributed by atoms with van der Waals surface area (Å²) in [7, 11) is 2.11. The highest BCUT2D eigenvalue weighted by Gasteiger charge is 2.17. The molecule has 1 aromatic carbocycles. The predicted octanol–water partition coefficient (Wildman–Crippen LogP) is 0.937. The summed E-state index contributed by atoms with van der Waals surface area (Å²) in [6, 6.07) is 6.18. The van der Waals surface area contributed by atoms with Gasteiger partial charge >= 0.3 is 0 Å². The Balaban J connectivity index is 1.88. The zero-order valence-electron chi connectivity index (χ0n) is 12.0. The largest absolute Gasteiger partial charge is 0.350 e. The minimum atomic E-state index is 0.0122. The number of benzene rings is 1. The van der Waals surface area contributed by atoms with E-state index in [1.54, 1.807) is 0 Å². The second-order valence-corrected chi connectivity index (χ2v) is 5.42. The van der Waals surface area contributed by atoms with E-state index in [4.69, 9.17) is 0 Å². The van der Waals surface area contributed by atoms with Crippen molar-refractivity contribution in [3.63, 3.8) is 0 Å². The van der Waals surface area contributed by atoms with Crippen molar-refractivity contribution in [3.8, 4) is 0 Å². The van der Waals surface area contributed by atoms with Crippen LogP contribution in [-0.4, -0.2) is 50.1 Å². The highest BCUT2D eigenvalue weighted by Crippen LogP contribution is 2.09. The van der Waals surface area contributed by atoms with Crippen molar-refractivity contribution in [3.05, 3.63) is 34.9 Å². The highest BCUT2D eigenvalue weighted by atomic mass is 16.1. The molecule has 0 saturated carbocycles. The molecule has 19 heavy (non-hydrogen) atoms. The fraction of sp³-hybridized carbons (Fsp3) is 0.533. The lowest BCUT2D eigenvalue weighted by molar-refractivity contribution is 0.0944. The molecule has 2 rings (SSSR count). The molecule has 1 saturated heterocycles. The summed E-state index contributed by atoms with van der Waals surface area (Å²) in [4.78, 5) is 14.4. The van der Waals surface area contributed by atoms with Gasteiger partial charge in [-0.25, -0.2) is 0 Å². The monoisotopic (exact) mass is 261 g/mol. The van der Waals surface area contributed by atoms with E-state index >= 15 is 0 Å². The van der Waals surface area contributed by atoms with E-state index in [-0.39, 0.29) is 5.91 Å². The summed E-state index contributed by atoms with van der Waals surface area (Å²) >= 11 is 0. The van der Waals surface area contributed by atoms with E-state index in [0.29, 0.717) is 12.6 Å². The molecule has 104 valence electrons. The Hall–Kier alpha value is -1.39. The van der Waals surface area contributed by atoms with Crippen molar-refractivity contribution < 1.29 is 4.79 Å². The molecule has 1 heterocycles. The van der Waals surface area contributed by atoms with E-state index < -0.39 is 0 Å². The number of piperazine rings is 1. The number of aryl methyl sites for hydroxylation is 2. The number of rotatable bonds is 3. The van der Waals surface area contributed by atoms with Gasteiger partial charge in [-0.05, 0) is 44.2 Å². The molecule has 1 fully saturated rings. The molecule has 4 nitrogen and oxygen atoms in total. The summed E-state index contributed by atoms with van der Waals surface area (Å²) in [6.07, 6.45) is 0. The normalized spacial score (nSPS) is 20.3. The minimum Gasteiger partial charge on any atom is -0.350 e. The average molecular weight is 261 g/mol. The third kappa shape index (κ3) is 3.78. The van der Waals surface area contributed by atoms with Gasteiger partial charge in [-0.2, -0.15) is 0 Å². The molecule has 0 radical (unpaired) electrons. The van der Waals surface area contributed by atoms with Crippen LogP contribution < -0.4 is 10.6 Å². The number of likely N-dealkylation sites (N-methyl/N-ethyl adjacent to an activating group) is 1. The maximum Gasteiger partial charge on any atom is 0.251 e. The van der Waals surface area contributed by atoms with Crippen LogP contribution in [0.3, 0.4) is 0 Å². The maximum absolute atomic E-state index is 12.1. The van der Waals surface area contributed by atoms with Crippen molar-refractivity contribution in [2.24, 2.45) is 0 Å². The van der Waals surface area contributed by atoms with Gasteiger partial charge in [-0.3, -0.25) is 4.79 Å². The molecule has 1 atom stereocenters. The smallest absolute Gasteiger partial charge is 0.251 e. The van der Waals surface area contributed by atoms with Gasteiger partial charge in [0.25, 0.3) is 5.91 Å². The Kier molecular flexibility index (Phi) is 4.56. The maximum atomic E-state index is 12.1. The second kappa shape index (κ2) is 6.17. The summed E-state index contributed by atoms with van der Waals surface area (Å²) < 4.78 is 0. The average Bonchev–Trinajstić information content (AvgIpc) is 2.39. The van der Waals surface area contributed by atoms with Crippen LogP contribution in [-0.2, 0) is 0 Å². The lowest BCUT2D eigenvalue weighted by atomic mass is 10.1. The number of nitrogens with zero attached hydrogens (tertiary/aromatic N) is 1. The van der Waals surface area contributed by atoms with Gasteiger partial charge in [-0.15, -0.1) is 0 Å². The Morgan fingerprint density at radius 2 is 2.21 bits per heavy atom. The van der Waals surface area contributed by atoms with Crippen LogP contribution in [0.25, 0.3) is 0 Å². The predicted molar refractivity (Wildman–Crippen MR) is 77.5 cm³/mol. The Morgan fingerprint density at radius 3 is 2.89 bits per heavy atom. The first-order valence-corrected chi connectivity index (χ1v) is 6.83.